The second kappa shape index (κ2) is 9.41. The molecule has 0 aliphatic heterocycles. The molecular weight excluding hydrogens is 262 g/mol. The molecule has 0 aliphatic rings. The number of hydrogen-bond donors (Lipinski definition) is 3. The van der Waals surface area contributed by atoms with E-state index in [-0.39, 0.29) is 12.6 Å². The van der Waals surface area contributed by atoms with Crippen molar-refractivity contribution in [1.29, 1.82) is 0 Å². The molecule has 20 heavy (non-hydrogen) atoms. The van der Waals surface area contributed by atoms with Crippen molar-refractivity contribution in [3.8, 4) is 0 Å². The molecule has 0 rings (SSSR count). The van der Waals surface area contributed by atoms with Gasteiger partial charge in [0.25, 0.3) is 0 Å². The summed E-state index contributed by atoms with van der Waals surface area (Å²) in [6.07, 6.45) is 0.558. The van der Waals surface area contributed by atoms with Crippen molar-refractivity contribution in [2.75, 3.05) is 19.7 Å². The largest absolute Gasteiger partial charge is 0.450 e. The normalized spacial score (nSPS) is 12.4. The molecule has 2 amide bonds. The number of nitrogens with two attached hydrogens (primary N) is 1. The highest BCUT2D eigenvalue weighted by atomic mass is 16.6. The lowest BCUT2D eigenvalue weighted by Crippen LogP contribution is -2.44. The zero-order valence-electron chi connectivity index (χ0n) is 12.8. The van der Waals surface area contributed by atoms with Crippen molar-refractivity contribution in [3.63, 3.8) is 0 Å². The molecule has 1 atom stereocenters. The zero-order chi connectivity index (χ0) is 15.6. The molecule has 0 aromatic heterocycles. The summed E-state index contributed by atoms with van der Waals surface area (Å²) in [5.74, 6) is 0. The third kappa shape index (κ3) is 11.6. The van der Waals surface area contributed by atoms with Crippen molar-refractivity contribution in [2.24, 2.45) is 5.73 Å². The Bertz CT molecular complexity index is 302. The number of ether oxygens (including phenoxy) is 2. The summed E-state index contributed by atoms with van der Waals surface area (Å²) in [6.45, 7) is 8.32. The highest BCUT2D eigenvalue weighted by molar-refractivity contribution is 5.69. The van der Waals surface area contributed by atoms with Gasteiger partial charge in [-0.1, -0.05) is 0 Å². The predicted molar refractivity (Wildman–Crippen MR) is 76.5 cm³/mol. The van der Waals surface area contributed by atoms with Crippen LogP contribution in [0.5, 0.6) is 0 Å². The minimum absolute atomic E-state index is 0.249. The maximum atomic E-state index is 11.5. The van der Waals surface area contributed by atoms with Crippen LogP contribution in [-0.2, 0) is 9.47 Å². The van der Waals surface area contributed by atoms with Gasteiger partial charge in [-0.3, -0.25) is 0 Å². The molecule has 0 spiro atoms. The van der Waals surface area contributed by atoms with Gasteiger partial charge < -0.3 is 25.8 Å². The van der Waals surface area contributed by atoms with Crippen LogP contribution in [0.2, 0.25) is 0 Å². The summed E-state index contributed by atoms with van der Waals surface area (Å²) >= 11 is 0. The van der Waals surface area contributed by atoms with Crippen molar-refractivity contribution >= 4 is 12.2 Å². The van der Waals surface area contributed by atoms with Crippen molar-refractivity contribution in [2.45, 2.75) is 52.2 Å². The molecule has 1 unspecified atom stereocenters. The molecule has 0 saturated heterocycles. The number of hydrogen-bond acceptors (Lipinski definition) is 5. The first-order valence-corrected chi connectivity index (χ1v) is 6.85. The number of carbonyl (C=O) groups excluding carboxylic acids is 2. The number of rotatable bonds is 7. The van der Waals surface area contributed by atoms with Crippen LogP contribution in [0.15, 0.2) is 0 Å². The second-order valence-corrected chi connectivity index (χ2v) is 5.56. The molecule has 0 aromatic rings. The van der Waals surface area contributed by atoms with E-state index >= 15 is 0 Å². The molecule has 118 valence electrons. The molecule has 0 aromatic carbocycles. The highest BCUT2D eigenvalue weighted by Gasteiger charge is 2.17. The predicted octanol–water partition coefficient (Wildman–Crippen LogP) is 1.36. The third-order valence-electron chi connectivity index (χ3n) is 2.15. The fourth-order valence-corrected chi connectivity index (χ4v) is 1.26. The number of carbonyl (C=O) groups is 2. The van der Waals surface area contributed by atoms with Crippen molar-refractivity contribution < 1.29 is 19.1 Å². The summed E-state index contributed by atoms with van der Waals surface area (Å²) in [4.78, 5) is 22.8. The van der Waals surface area contributed by atoms with E-state index in [2.05, 4.69) is 10.6 Å². The smallest absolute Gasteiger partial charge is 0.407 e. The Morgan fingerprint density at radius 2 is 1.85 bits per heavy atom. The lowest BCUT2D eigenvalue weighted by atomic mass is 10.2. The van der Waals surface area contributed by atoms with E-state index in [1.807, 2.05) is 0 Å². The van der Waals surface area contributed by atoms with Crippen LogP contribution >= 0.6 is 0 Å². The lowest BCUT2D eigenvalue weighted by molar-refractivity contribution is 0.0506. The minimum atomic E-state index is -0.543. The van der Waals surface area contributed by atoms with Crippen molar-refractivity contribution in [3.05, 3.63) is 0 Å². The summed E-state index contributed by atoms with van der Waals surface area (Å²) in [7, 11) is 0. The average molecular weight is 289 g/mol. The summed E-state index contributed by atoms with van der Waals surface area (Å²) in [5.41, 5.74) is 4.78. The Kier molecular flexibility index (Phi) is 8.71. The lowest BCUT2D eigenvalue weighted by Gasteiger charge is -2.22. The number of unbranched alkanes of at least 4 members (excludes halogenated alkanes) is 1. The monoisotopic (exact) mass is 289 g/mol. The zero-order valence-corrected chi connectivity index (χ0v) is 12.8. The maximum absolute atomic E-state index is 11.5. The Hall–Kier alpha value is -1.50. The average Bonchev–Trinajstić information content (AvgIpc) is 2.29. The maximum Gasteiger partial charge on any atom is 0.407 e. The van der Waals surface area contributed by atoms with Gasteiger partial charge in [0, 0.05) is 12.6 Å². The van der Waals surface area contributed by atoms with Crippen LogP contribution in [0, 0.1) is 0 Å². The van der Waals surface area contributed by atoms with Gasteiger partial charge in [0.15, 0.2) is 0 Å². The quantitative estimate of drug-likeness (QED) is 0.614. The SMILES string of the molecule is CC(CNC(=O)OCCCCN)NC(=O)OC(C)(C)C. The first kappa shape index (κ1) is 18.5. The number of nitrogens with one attached hydrogen (secondary N) is 2. The van der Waals surface area contributed by atoms with Gasteiger partial charge in [-0.05, 0) is 47.1 Å². The standard InChI is InChI=1S/C13H27N3O4/c1-10(16-12(18)20-13(2,3)4)9-15-11(17)19-8-6-5-7-14/h10H,5-9,14H2,1-4H3,(H,15,17)(H,16,18). The Morgan fingerprint density at radius 3 is 2.40 bits per heavy atom. The molecule has 0 aliphatic carbocycles. The molecule has 0 radical (unpaired) electrons. The Labute approximate surface area is 120 Å². The summed E-state index contributed by atoms with van der Waals surface area (Å²) < 4.78 is 10.0. The van der Waals surface area contributed by atoms with Crippen LogP contribution in [0.4, 0.5) is 9.59 Å². The van der Waals surface area contributed by atoms with E-state index in [0.717, 1.165) is 12.8 Å². The van der Waals surface area contributed by atoms with Crippen molar-refractivity contribution in [1.82, 2.24) is 10.6 Å². The second-order valence-electron chi connectivity index (χ2n) is 5.56. The number of alkyl carbamates (subject to hydrolysis) is 2. The molecule has 7 heteroatoms. The number of amides is 2. The van der Waals surface area contributed by atoms with Gasteiger partial charge in [-0.2, -0.15) is 0 Å². The van der Waals surface area contributed by atoms with Crippen LogP contribution in [0.25, 0.3) is 0 Å². The van der Waals surface area contributed by atoms with E-state index in [9.17, 15) is 9.59 Å². The van der Waals surface area contributed by atoms with Gasteiger partial charge in [-0.15, -0.1) is 0 Å². The fourth-order valence-electron chi connectivity index (χ4n) is 1.26. The molecular formula is C13H27N3O4. The van der Waals surface area contributed by atoms with Gasteiger partial charge in [0.2, 0.25) is 0 Å². The van der Waals surface area contributed by atoms with Gasteiger partial charge in [0.05, 0.1) is 6.61 Å². The fraction of sp³-hybridized carbons (Fsp3) is 0.846. The van der Waals surface area contributed by atoms with Crippen LogP contribution < -0.4 is 16.4 Å². The molecule has 0 heterocycles. The highest BCUT2D eigenvalue weighted by Crippen LogP contribution is 2.06. The van der Waals surface area contributed by atoms with E-state index in [1.165, 1.54) is 0 Å². The van der Waals surface area contributed by atoms with E-state index in [0.29, 0.717) is 13.2 Å². The van der Waals surface area contributed by atoms with Gasteiger partial charge in [-0.25, -0.2) is 9.59 Å². The van der Waals surface area contributed by atoms with Crippen LogP contribution in [0.3, 0.4) is 0 Å². The Balaban J connectivity index is 3.73. The first-order valence-electron chi connectivity index (χ1n) is 6.85. The van der Waals surface area contributed by atoms with E-state index in [4.69, 9.17) is 15.2 Å². The molecule has 0 fully saturated rings. The van der Waals surface area contributed by atoms with Gasteiger partial charge >= 0.3 is 12.2 Å². The van der Waals surface area contributed by atoms with Crippen LogP contribution in [-0.4, -0.2) is 43.5 Å². The Morgan fingerprint density at radius 1 is 1.20 bits per heavy atom. The van der Waals surface area contributed by atoms with Gasteiger partial charge in [0.1, 0.15) is 5.60 Å². The van der Waals surface area contributed by atoms with E-state index in [1.54, 1.807) is 27.7 Å². The molecule has 7 nitrogen and oxygen atoms in total. The molecule has 4 N–H and O–H groups in total. The molecule has 0 saturated carbocycles. The topological polar surface area (TPSA) is 103 Å². The third-order valence-corrected chi connectivity index (χ3v) is 2.15. The van der Waals surface area contributed by atoms with E-state index < -0.39 is 17.8 Å². The minimum Gasteiger partial charge on any atom is -0.450 e. The first-order chi connectivity index (χ1) is 9.24. The summed E-state index contributed by atoms with van der Waals surface area (Å²) in [5, 5.41) is 5.19. The molecule has 0 bridgehead atoms. The summed E-state index contributed by atoms with van der Waals surface area (Å²) in [6, 6.07) is -0.249. The van der Waals surface area contributed by atoms with Crippen LogP contribution in [0.1, 0.15) is 40.5 Å².